The number of aromatic nitrogens is 3. The number of nitrogens with one attached hydrogen (secondary N) is 3. The maximum absolute atomic E-state index is 14.4. The molecule has 5 fully saturated rings. The Hall–Kier alpha value is -5.74. The molecule has 3 aliphatic heterocycles. The zero-order chi connectivity index (χ0) is 45.0. The minimum Gasteiger partial charge on any atom is -0.476 e. The van der Waals surface area contributed by atoms with Crippen LogP contribution in [0.15, 0.2) is 78.1 Å². The summed E-state index contributed by atoms with van der Waals surface area (Å²) in [5.74, 6) is 0.665. The molecule has 0 unspecified atom stereocenters. The number of aromatic amines is 1. The number of H-pyrrole nitrogens is 1. The van der Waals surface area contributed by atoms with Gasteiger partial charge in [-0.15, -0.1) is 0 Å². The van der Waals surface area contributed by atoms with E-state index in [1.165, 1.54) is 57.7 Å². The van der Waals surface area contributed by atoms with E-state index in [2.05, 4.69) is 54.1 Å². The number of nitrogens with zero attached hydrogens (tertiary/aromatic N) is 6. The molecule has 2 saturated heterocycles. The van der Waals surface area contributed by atoms with E-state index in [1.807, 2.05) is 35.4 Å². The van der Waals surface area contributed by atoms with E-state index >= 15 is 0 Å². The van der Waals surface area contributed by atoms with Crippen molar-refractivity contribution in [2.45, 2.75) is 113 Å². The zero-order valence-electron chi connectivity index (χ0n) is 37.4. The van der Waals surface area contributed by atoms with Crippen LogP contribution >= 0.6 is 0 Å². The Kier molecular flexibility index (Phi) is 11.4. The van der Waals surface area contributed by atoms with Gasteiger partial charge in [-0.3, -0.25) is 19.8 Å². The van der Waals surface area contributed by atoms with Crippen molar-refractivity contribution in [3.05, 3.63) is 99.9 Å². The summed E-state index contributed by atoms with van der Waals surface area (Å²) in [7, 11) is -4.64. The van der Waals surface area contributed by atoms with Gasteiger partial charge in [0.05, 0.1) is 35.0 Å². The van der Waals surface area contributed by atoms with E-state index in [1.54, 1.807) is 17.2 Å². The Morgan fingerprint density at radius 2 is 1.70 bits per heavy atom. The minimum absolute atomic E-state index is 0.128. The van der Waals surface area contributed by atoms with E-state index in [0.717, 1.165) is 74.7 Å². The number of carbonyl (C=O) groups excluding carboxylic acids is 1. The van der Waals surface area contributed by atoms with Crippen LogP contribution in [0.2, 0.25) is 0 Å². The normalized spacial score (nSPS) is 21.5. The molecule has 3 aromatic heterocycles. The number of sulfonamides is 1. The molecule has 6 heterocycles. The topological polar surface area (TPSA) is 179 Å². The van der Waals surface area contributed by atoms with Crippen molar-refractivity contribution >= 4 is 55.4 Å². The summed E-state index contributed by atoms with van der Waals surface area (Å²) in [5, 5.41) is 15.6. The van der Waals surface area contributed by atoms with Gasteiger partial charge < -0.3 is 24.8 Å². The number of ether oxygens (including phenoxy) is 1. The molecule has 16 heteroatoms. The van der Waals surface area contributed by atoms with Crippen molar-refractivity contribution in [2.75, 3.05) is 54.4 Å². The maximum atomic E-state index is 14.4. The molecule has 5 aromatic rings. The van der Waals surface area contributed by atoms with Crippen molar-refractivity contribution in [2.24, 2.45) is 11.3 Å². The summed E-state index contributed by atoms with van der Waals surface area (Å²) in [4.78, 5) is 45.3. The van der Waals surface area contributed by atoms with Gasteiger partial charge in [0.1, 0.15) is 17.0 Å². The van der Waals surface area contributed by atoms with E-state index in [-0.39, 0.29) is 11.3 Å². The number of pyridine rings is 2. The molecular formula is C50H59N9O6S. The van der Waals surface area contributed by atoms with Gasteiger partial charge in [0.25, 0.3) is 21.6 Å². The standard InChI is InChI=1S/C50H59N9O6S/c60-48(55-66(63,64)46-28-44(59(61)62)41(32-53-46)52-31-33-8-2-1-3-9-33)40-16-15-36(27-43(40)58-22-7-25-65-49-45(58)26-35-17-20-51-47(35)54-49)56-23-18-50(19-24-56)29-37(30-50)57-21-6-12-42(57)39-11-5-4-10-38(39)34-13-14-34/h4-5,10-11,15-17,20,26-28,32-34,37,42,52H,1-3,6-9,12-14,18-19,21-25,29-31H2,(H,51,54)(H,55,60)/t42-/m0/s1. The second kappa shape index (κ2) is 17.5. The van der Waals surface area contributed by atoms with E-state index in [4.69, 9.17) is 9.72 Å². The van der Waals surface area contributed by atoms with Gasteiger partial charge in [-0.2, -0.15) is 13.4 Å². The second-order valence-corrected chi connectivity index (χ2v) is 21.4. The van der Waals surface area contributed by atoms with Crippen LogP contribution < -0.4 is 24.6 Å². The number of carbonyl (C=O) groups is 1. The lowest BCUT2D eigenvalue weighted by molar-refractivity contribution is -0.384. The summed E-state index contributed by atoms with van der Waals surface area (Å²) in [6.07, 6.45) is 18.9. The third-order valence-electron chi connectivity index (χ3n) is 15.6. The number of likely N-dealkylation sites (tertiary alicyclic amines) is 1. The maximum Gasteiger partial charge on any atom is 0.296 e. The molecule has 1 amide bonds. The lowest BCUT2D eigenvalue weighted by Crippen LogP contribution is -2.55. The molecule has 3 saturated carbocycles. The Morgan fingerprint density at radius 3 is 2.48 bits per heavy atom. The van der Waals surface area contributed by atoms with Crippen LogP contribution in [-0.4, -0.2) is 84.5 Å². The van der Waals surface area contributed by atoms with Gasteiger partial charge in [-0.05, 0) is 136 Å². The number of hydrogen-bond donors (Lipinski definition) is 3. The molecule has 346 valence electrons. The number of nitro groups is 1. The molecule has 3 N–H and O–H groups in total. The molecule has 6 aliphatic rings. The van der Waals surface area contributed by atoms with E-state index in [0.29, 0.717) is 72.4 Å². The summed E-state index contributed by atoms with van der Waals surface area (Å²) in [6, 6.07) is 20.7. The predicted octanol–water partition coefficient (Wildman–Crippen LogP) is 9.36. The SMILES string of the molecule is O=C(NS(=O)(=O)c1cc([N+](=O)[O-])c(NCC2CCCCC2)cn1)c1ccc(N2CCC3(CC2)CC(N2CCC[C@H]2c2ccccc2C2CC2)C3)cc1N1CCCOc2nc3[nH]ccc3cc21. The molecule has 11 rings (SSSR count). The van der Waals surface area contributed by atoms with Gasteiger partial charge in [0.15, 0.2) is 5.03 Å². The lowest BCUT2D eigenvalue weighted by Gasteiger charge is -2.56. The van der Waals surface area contributed by atoms with Crippen molar-refractivity contribution < 1.29 is 22.9 Å². The highest BCUT2D eigenvalue weighted by Crippen LogP contribution is 2.55. The van der Waals surface area contributed by atoms with Gasteiger partial charge in [-0.1, -0.05) is 43.5 Å². The Bertz CT molecular complexity index is 2750. The van der Waals surface area contributed by atoms with Crippen LogP contribution in [-0.2, 0) is 10.0 Å². The van der Waals surface area contributed by atoms with Crippen molar-refractivity contribution in [3.63, 3.8) is 0 Å². The fourth-order valence-corrected chi connectivity index (χ4v) is 12.8. The number of fused-ring (bicyclic) bond motifs is 2. The highest BCUT2D eigenvalue weighted by molar-refractivity contribution is 7.90. The number of hydrogen-bond acceptors (Lipinski definition) is 12. The summed E-state index contributed by atoms with van der Waals surface area (Å²) in [5.41, 5.74) is 6.13. The quantitative estimate of drug-likeness (QED) is 0.0799. The number of benzene rings is 2. The Labute approximate surface area is 385 Å². The summed E-state index contributed by atoms with van der Waals surface area (Å²) >= 11 is 0. The second-order valence-electron chi connectivity index (χ2n) is 19.7. The average Bonchev–Trinajstić information content (AvgIpc) is 3.95. The van der Waals surface area contributed by atoms with Crippen LogP contribution in [0.25, 0.3) is 11.0 Å². The summed E-state index contributed by atoms with van der Waals surface area (Å²) in [6.45, 7) is 4.36. The largest absolute Gasteiger partial charge is 0.476 e. The van der Waals surface area contributed by atoms with Gasteiger partial charge >= 0.3 is 0 Å². The first-order chi connectivity index (χ1) is 32.1. The smallest absolute Gasteiger partial charge is 0.296 e. The number of rotatable bonds is 12. The van der Waals surface area contributed by atoms with Crippen LogP contribution in [0, 0.1) is 21.4 Å². The monoisotopic (exact) mass is 913 g/mol. The molecule has 0 bridgehead atoms. The molecule has 15 nitrogen and oxygen atoms in total. The molecule has 1 atom stereocenters. The Morgan fingerprint density at radius 1 is 0.894 bits per heavy atom. The third-order valence-corrected chi connectivity index (χ3v) is 16.8. The first kappa shape index (κ1) is 42.9. The molecule has 66 heavy (non-hydrogen) atoms. The molecular weight excluding hydrogens is 855 g/mol. The third kappa shape index (κ3) is 8.35. The fraction of sp³-hybridized carbons (Fsp3) is 0.500. The highest BCUT2D eigenvalue weighted by Gasteiger charge is 2.50. The predicted molar refractivity (Wildman–Crippen MR) is 254 cm³/mol. The Balaban J connectivity index is 0.839. The average molecular weight is 914 g/mol. The van der Waals surface area contributed by atoms with Crippen LogP contribution in [0.1, 0.15) is 123 Å². The van der Waals surface area contributed by atoms with Crippen LogP contribution in [0.5, 0.6) is 5.88 Å². The van der Waals surface area contributed by atoms with E-state index in [9.17, 15) is 23.3 Å². The first-order valence-electron chi connectivity index (χ1n) is 24.2. The lowest BCUT2D eigenvalue weighted by atomic mass is 9.59. The number of anilines is 4. The number of piperidine rings is 1. The van der Waals surface area contributed by atoms with Crippen molar-refractivity contribution in [3.8, 4) is 5.88 Å². The summed E-state index contributed by atoms with van der Waals surface area (Å²) < 4.78 is 36.2. The first-order valence-corrected chi connectivity index (χ1v) is 25.7. The number of amides is 1. The zero-order valence-corrected chi connectivity index (χ0v) is 38.2. The highest BCUT2D eigenvalue weighted by atomic mass is 32.2. The minimum atomic E-state index is -4.64. The van der Waals surface area contributed by atoms with Crippen molar-refractivity contribution in [1.29, 1.82) is 0 Å². The van der Waals surface area contributed by atoms with Gasteiger partial charge in [0, 0.05) is 55.5 Å². The van der Waals surface area contributed by atoms with Gasteiger partial charge in [0.2, 0.25) is 5.88 Å². The van der Waals surface area contributed by atoms with Gasteiger partial charge in [-0.25, -0.2) is 9.71 Å². The van der Waals surface area contributed by atoms with Crippen molar-refractivity contribution in [1.82, 2.24) is 24.6 Å². The van der Waals surface area contributed by atoms with Crippen LogP contribution in [0.4, 0.5) is 28.4 Å². The fourth-order valence-electron chi connectivity index (χ4n) is 11.8. The molecule has 2 aromatic carbocycles. The van der Waals surface area contributed by atoms with Crippen LogP contribution in [0.3, 0.4) is 0 Å². The van der Waals surface area contributed by atoms with E-state index < -0.39 is 31.6 Å². The molecule has 1 spiro atoms. The molecule has 3 aliphatic carbocycles. The molecule has 0 radical (unpaired) electrons.